The lowest BCUT2D eigenvalue weighted by atomic mass is 9.95. The van der Waals surface area contributed by atoms with Gasteiger partial charge in [0.05, 0.1) is 15.3 Å². The molecule has 1 aromatic carbocycles. The van der Waals surface area contributed by atoms with Crippen LogP contribution in [0.5, 0.6) is 0 Å². The zero-order chi connectivity index (χ0) is 21.9. The fourth-order valence-electron chi connectivity index (χ4n) is 3.69. The fourth-order valence-corrected chi connectivity index (χ4v) is 6.44. The SMILES string of the molecule is COCn1nc(SCC(C)C)cc1C1CC(C)(S(=O)(=O)c2cccc(C)c2)CCO1. The first kappa shape index (κ1) is 23.3. The van der Waals surface area contributed by atoms with Crippen molar-refractivity contribution in [1.82, 2.24) is 9.78 Å². The molecule has 30 heavy (non-hydrogen) atoms. The summed E-state index contributed by atoms with van der Waals surface area (Å²) in [6.07, 6.45) is 0.500. The summed E-state index contributed by atoms with van der Waals surface area (Å²) in [6, 6.07) is 9.17. The Morgan fingerprint density at radius 1 is 1.37 bits per heavy atom. The number of aromatic nitrogens is 2. The Bertz CT molecular complexity index is 971. The number of hydrogen-bond acceptors (Lipinski definition) is 6. The predicted octanol–water partition coefficient (Wildman–Crippen LogP) is 4.63. The Balaban J connectivity index is 1.90. The van der Waals surface area contributed by atoms with Crippen LogP contribution in [0, 0.1) is 12.8 Å². The number of benzene rings is 1. The molecule has 2 unspecified atom stereocenters. The first-order valence-corrected chi connectivity index (χ1v) is 12.8. The van der Waals surface area contributed by atoms with Gasteiger partial charge >= 0.3 is 0 Å². The van der Waals surface area contributed by atoms with Gasteiger partial charge in [-0.05, 0) is 56.4 Å². The smallest absolute Gasteiger partial charge is 0.184 e. The number of sulfone groups is 1. The molecule has 0 saturated carbocycles. The monoisotopic (exact) mass is 452 g/mol. The normalized spacial score (nSPS) is 22.5. The molecule has 2 atom stereocenters. The zero-order valence-electron chi connectivity index (χ0n) is 18.4. The molecule has 1 aliphatic rings. The third-order valence-electron chi connectivity index (χ3n) is 5.45. The number of ether oxygens (including phenoxy) is 2. The second-order valence-corrected chi connectivity index (χ2v) is 12.1. The molecule has 1 aliphatic heterocycles. The fraction of sp³-hybridized carbons (Fsp3) is 0.591. The number of rotatable bonds is 8. The lowest BCUT2D eigenvalue weighted by Gasteiger charge is -2.37. The molecule has 2 aromatic rings. The van der Waals surface area contributed by atoms with Crippen LogP contribution in [0.3, 0.4) is 0 Å². The van der Waals surface area contributed by atoms with Gasteiger partial charge < -0.3 is 9.47 Å². The minimum absolute atomic E-state index is 0.304. The third kappa shape index (κ3) is 4.93. The van der Waals surface area contributed by atoms with E-state index in [4.69, 9.17) is 9.47 Å². The highest BCUT2D eigenvalue weighted by atomic mass is 32.2. The van der Waals surface area contributed by atoms with Crippen LogP contribution >= 0.6 is 11.8 Å². The van der Waals surface area contributed by atoms with Gasteiger partial charge in [-0.1, -0.05) is 26.0 Å². The molecular weight excluding hydrogens is 420 g/mol. The first-order chi connectivity index (χ1) is 14.2. The molecule has 0 bridgehead atoms. The van der Waals surface area contributed by atoms with Crippen molar-refractivity contribution in [2.45, 2.75) is 68.0 Å². The van der Waals surface area contributed by atoms with E-state index in [1.165, 1.54) is 0 Å². The second-order valence-electron chi connectivity index (χ2n) is 8.61. The Kier molecular flexibility index (Phi) is 7.32. The van der Waals surface area contributed by atoms with Gasteiger partial charge in [0.25, 0.3) is 0 Å². The highest BCUT2D eigenvalue weighted by Gasteiger charge is 2.45. The Morgan fingerprint density at radius 3 is 2.80 bits per heavy atom. The van der Waals surface area contributed by atoms with Crippen LogP contribution in [0.2, 0.25) is 0 Å². The standard InChI is InChI=1S/C22H32N2O4S2/c1-16(2)14-29-21-12-19(24(23-21)15-27-5)20-13-22(4,9-10-28-20)30(25,26)18-8-6-7-17(3)11-18/h6-8,11-12,16,20H,9-10,13-15H2,1-5H3. The first-order valence-electron chi connectivity index (χ1n) is 10.3. The van der Waals surface area contributed by atoms with Crippen molar-refractivity contribution in [2.24, 2.45) is 5.92 Å². The molecule has 166 valence electrons. The minimum atomic E-state index is -3.51. The molecule has 0 spiro atoms. The van der Waals surface area contributed by atoms with E-state index in [0.717, 1.165) is 22.0 Å². The topological polar surface area (TPSA) is 70.4 Å². The van der Waals surface area contributed by atoms with E-state index in [9.17, 15) is 8.42 Å². The van der Waals surface area contributed by atoms with E-state index in [1.807, 2.05) is 26.0 Å². The van der Waals surface area contributed by atoms with Crippen molar-refractivity contribution in [3.63, 3.8) is 0 Å². The summed E-state index contributed by atoms with van der Waals surface area (Å²) in [5, 5.41) is 5.56. The lowest BCUT2D eigenvalue weighted by molar-refractivity contribution is -0.00919. The molecule has 0 aliphatic carbocycles. The maximum Gasteiger partial charge on any atom is 0.184 e. The summed E-state index contributed by atoms with van der Waals surface area (Å²) in [7, 11) is -1.89. The maximum absolute atomic E-state index is 13.5. The molecular formula is C22H32N2O4S2. The molecule has 0 N–H and O–H groups in total. The van der Waals surface area contributed by atoms with Crippen LogP contribution in [-0.2, 0) is 26.0 Å². The van der Waals surface area contributed by atoms with Gasteiger partial charge in [-0.15, -0.1) is 11.8 Å². The highest BCUT2D eigenvalue weighted by molar-refractivity contribution is 7.99. The van der Waals surface area contributed by atoms with Crippen molar-refractivity contribution < 1.29 is 17.9 Å². The summed E-state index contributed by atoms with van der Waals surface area (Å²) < 4.78 is 39.3. The average molecular weight is 453 g/mol. The highest BCUT2D eigenvalue weighted by Crippen LogP contribution is 2.42. The number of thioether (sulfide) groups is 1. The van der Waals surface area contributed by atoms with E-state index in [-0.39, 0.29) is 6.10 Å². The van der Waals surface area contributed by atoms with Gasteiger partial charge in [-0.3, -0.25) is 0 Å². The van der Waals surface area contributed by atoms with Crippen molar-refractivity contribution in [2.75, 3.05) is 19.5 Å². The summed E-state index contributed by atoms with van der Waals surface area (Å²) in [6.45, 7) is 8.79. The molecule has 8 heteroatoms. The second kappa shape index (κ2) is 9.42. The van der Waals surface area contributed by atoms with Gasteiger partial charge in [-0.25, -0.2) is 13.1 Å². The van der Waals surface area contributed by atoms with Crippen molar-refractivity contribution in [3.05, 3.63) is 41.6 Å². The number of aryl methyl sites for hydroxylation is 1. The molecule has 6 nitrogen and oxygen atoms in total. The summed E-state index contributed by atoms with van der Waals surface area (Å²) >= 11 is 1.70. The molecule has 2 heterocycles. The number of hydrogen-bond donors (Lipinski definition) is 0. The summed E-state index contributed by atoms with van der Waals surface area (Å²) in [4.78, 5) is 0.379. The van der Waals surface area contributed by atoms with Crippen molar-refractivity contribution in [1.29, 1.82) is 0 Å². The van der Waals surface area contributed by atoms with Gasteiger partial charge in [0.2, 0.25) is 0 Å². The van der Waals surface area contributed by atoms with E-state index >= 15 is 0 Å². The van der Waals surface area contributed by atoms with Gasteiger partial charge in [0, 0.05) is 19.5 Å². The quantitative estimate of drug-likeness (QED) is 0.544. The molecule has 0 radical (unpaired) electrons. The van der Waals surface area contributed by atoms with Crippen LogP contribution < -0.4 is 0 Å². The lowest BCUT2D eigenvalue weighted by Crippen LogP contribution is -2.42. The molecule has 0 amide bonds. The van der Waals surface area contributed by atoms with Crippen molar-refractivity contribution in [3.8, 4) is 0 Å². The summed E-state index contributed by atoms with van der Waals surface area (Å²) in [5.74, 6) is 1.52. The van der Waals surface area contributed by atoms with Gasteiger partial charge in [0.15, 0.2) is 9.84 Å². The Labute approximate surface area is 184 Å². The van der Waals surface area contributed by atoms with Crippen LogP contribution in [0.15, 0.2) is 40.3 Å². The van der Waals surface area contributed by atoms with Crippen LogP contribution in [0.1, 0.15) is 51.0 Å². The molecule has 3 rings (SSSR count). The maximum atomic E-state index is 13.5. The van der Waals surface area contributed by atoms with E-state index in [1.54, 1.807) is 41.8 Å². The molecule has 1 fully saturated rings. The van der Waals surface area contributed by atoms with Crippen LogP contribution in [0.25, 0.3) is 0 Å². The van der Waals surface area contributed by atoms with Crippen molar-refractivity contribution >= 4 is 21.6 Å². The average Bonchev–Trinajstić information content (AvgIpc) is 3.09. The van der Waals surface area contributed by atoms with E-state index in [2.05, 4.69) is 18.9 Å². The summed E-state index contributed by atoms with van der Waals surface area (Å²) in [5.41, 5.74) is 1.81. The Morgan fingerprint density at radius 2 is 2.13 bits per heavy atom. The van der Waals surface area contributed by atoms with E-state index < -0.39 is 14.6 Å². The third-order valence-corrected chi connectivity index (χ3v) is 9.32. The molecule has 1 aromatic heterocycles. The number of methoxy groups -OCH3 is 1. The minimum Gasteiger partial charge on any atom is -0.372 e. The Hall–Kier alpha value is -1.35. The van der Waals surface area contributed by atoms with Gasteiger partial charge in [-0.2, -0.15) is 5.10 Å². The predicted molar refractivity (Wildman–Crippen MR) is 119 cm³/mol. The van der Waals surface area contributed by atoms with E-state index in [0.29, 0.717) is 37.0 Å². The molecule has 1 saturated heterocycles. The number of nitrogens with zero attached hydrogens (tertiary/aromatic N) is 2. The van der Waals surface area contributed by atoms with Crippen LogP contribution in [-0.4, -0.2) is 42.4 Å². The van der Waals surface area contributed by atoms with Gasteiger partial charge in [0.1, 0.15) is 17.9 Å². The van der Waals surface area contributed by atoms with Crippen LogP contribution in [0.4, 0.5) is 0 Å². The zero-order valence-corrected chi connectivity index (χ0v) is 20.1. The largest absolute Gasteiger partial charge is 0.372 e.